The van der Waals surface area contributed by atoms with Gasteiger partial charge in [0.25, 0.3) is 10.0 Å². The lowest BCUT2D eigenvalue weighted by atomic mass is 10.0. The van der Waals surface area contributed by atoms with E-state index in [-0.39, 0.29) is 17.3 Å². The predicted molar refractivity (Wildman–Crippen MR) is 134 cm³/mol. The topological polar surface area (TPSA) is 66.5 Å². The lowest BCUT2D eigenvalue weighted by Crippen LogP contribution is -2.41. The molecule has 0 bridgehead atoms. The van der Waals surface area contributed by atoms with Crippen molar-refractivity contribution in [3.05, 3.63) is 95.1 Å². The minimum Gasteiger partial charge on any atom is -0.350 e. The van der Waals surface area contributed by atoms with Crippen molar-refractivity contribution < 1.29 is 13.2 Å². The third kappa shape index (κ3) is 5.82. The molecule has 1 N–H and O–H groups in total. The molecule has 0 fully saturated rings. The average molecular weight is 465 g/mol. The van der Waals surface area contributed by atoms with E-state index in [1.165, 1.54) is 15.4 Å². The van der Waals surface area contributed by atoms with Gasteiger partial charge in [0, 0.05) is 6.54 Å². The van der Waals surface area contributed by atoms with E-state index in [1.54, 1.807) is 42.5 Å². The molecule has 174 valence electrons. The number of carbonyl (C=O) groups is 1. The number of amides is 1. The summed E-state index contributed by atoms with van der Waals surface area (Å²) >= 11 is 0. The zero-order chi connectivity index (χ0) is 23.8. The van der Waals surface area contributed by atoms with Gasteiger partial charge in [-0.3, -0.25) is 9.10 Å². The predicted octanol–water partition coefficient (Wildman–Crippen LogP) is 4.89. The van der Waals surface area contributed by atoms with Crippen molar-refractivity contribution in [2.45, 2.75) is 51.5 Å². The van der Waals surface area contributed by atoms with Gasteiger partial charge in [-0.25, -0.2) is 8.42 Å². The first-order valence-corrected chi connectivity index (χ1v) is 12.9. The van der Waals surface area contributed by atoms with Crippen LogP contribution in [0.5, 0.6) is 0 Å². The Bertz CT molecular complexity index is 1190. The Morgan fingerprint density at radius 2 is 1.45 bits per heavy atom. The summed E-state index contributed by atoms with van der Waals surface area (Å²) in [7, 11) is -3.92. The van der Waals surface area contributed by atoms with Crippen LogP contribution < -0.4 is 9.62 Å². The van der Waals surface area contributed by atoms with Crippen molar-refractivity contribution in [2.24, 2.45) is 0 Å². The van der Waals surface area contributed by atoms with E-state index in [0.717, 1.165) is 24.0 Å². The molecule has 5 nitrogen and oxygen atoms in total. The first-order chi connectivity index (χ1) is 15.9. The van der Waals surface area contributed by atoms with E-state index in [4.69, 9.17) is 0 Å². The molecule has 3 aromatic rings. The number of hydrogen-bond acceptors (Lipinski definition) is 3. The van der Waals surface area contributed by atoms with Crippen molar-refractivity contribution in [3.63, 3.8) is 0 Å². The van der Waals surface area contributed by atoms with Gasteiger partial charge in [0.15, 0.2) is 0 Å². The number of rotatable bonds is 10. The Kier molecular flexibility index (Phi) is 8.28. The summed E-state index contributed by atoms with van der Waals surface area (Å²) in [5, 5.41) is 2.94. The Morgan fingerprint density at radius 1 is 0.788 bits per heavy atom. The molecule has 0 saturated carbocycles. The Balaban J connectivity index is 1.89. The fourth-order valence-corrected chi connectivity index (χ4v) is 5.34. The highest BCUT2D eigenvalue weighted by Crippen LogP contribution is 2.27. The van der Waals surface area contributed by atoms with Gasteiger partial charge in [-0.2, -0.15) is 0 Å². The Morgan fingerprint density at radius 3 is 2.12 bits per heavy atom. The van der Waals surface area contributed by atoms with Crippen LogP contribution in [0, 0.1) is 0 Å². The summed E-state index contributed by atoms with van der Waals surface area (Å²) in [6, 6.07) is 21.9. The largest absolute Gasteiger partial charge is 0.350 e. The molecule has 1 amide bonds. The molecule has 0 aliphatic carbocycles. The van der Waals surface area contributed by atoms with Crippen LogP contribution in [0.4, 0.5) is 5.69 Å². The maximum absolute atomic E-state index is 13.5. The Labute approximate surface area is 197 Å². The van der Waals surface area contributed by atoms with Crippen molar-refractivity contribution in [2.75, 3.05) is 10.8 Å². The first kappa shape index (κ1) is 24.5. The third-order valence-corrected chi connectivity index (χ3v) is 7.57. The number of anilines is 1. The SMILES string of the molecule is CCc1ccc(CC)c(CNC(=O)CN(c2ccccc2CC)S(=O)(=O)c2ccccc2)c1. The number of hydrogen-bond donors (Lipinski definition) is 1. The minimum absolute atomic E-state index is 0.160. The molecule has 6 heteroatoms. The lowest BCUT2D eigenvalue weighted by molar-refractivity contribution is -0.119. The molecule has 0 heterocycles. The lowest BCUT2D eigenvalue weighted by Gasteiger charge is -2.26. The van der Waals surface area contributed by atoms with E-state index in [1.807, 2.05) is 19.1 Å². The van der Waals surface area contributed by atoms with Crippen LogP contribution in [0.25, 0.3) is 0 Å². The number of nitrogens with one attached hydrogen (secondary N) is 1. The van der Waals surface area contributed by atoms with Crippen molar-refractivity contribution in [1.82, 2.24) is 5.32 Å². The van der Waals surface area contributed by atoms with Crippen molar-refractivity contribution in [1.29, 1.82) is 0 Å². The molecule has 0 atom stereocenters. The maximum atomic E-state index is 13.5. The standard InChI is InChI=1S/C27H32N2O3S/c1-4-21-16-17-22(5-2)24(18-21)19-28-27(30)20-29(26-15-11-10-12-23(26)6-3)33(31,32)25-13-8-7-9-14-25/h7-18H,4-6,19-20H2,1-3H3,(H,28,30). The van der Waals surface area contributed by atoms with Crippen LogP contribution in [0.1, 0.15) is 43.0 Å². The summed E-state index contributed by atoms with van der Waals surface area (Å²) in [4.78, 5) is 13.2. The van der Waals surface area contributed by atoms with Gasteiger partial charge in [0.2, 0.25) is 5.91 Å². The highest BCUT2D eigenvalue weighted by atomic mass is 32.2. The molecule has 3 rings (SSSR count). The number of benzene rings is 3. The van der Waals surface area contributed by atoms with Crippen molar-refractivity contribution in [3.8, 4) is 0 Å². The van der Waals surface area contributed by atoms with Gasteiger partial charge in [-0.1, -0.05) is 75.4 Å². The molecule has 0 spiro atoms. The van der Waals surface area contributed by atoms with Gasteiger partial charge < -0.3 is 5.32 Å². The van der Waals surface area contributed by atoms with Gasteiger partial charge in [-0.05, 0) is 59.7 Å². The van der Waals surface area contributed by atoms with Crippen LogP contribution in [0.15, 0.2) is 77.7 Å². The quantitative estimate of drug-likeness (QED) is 0.465. The van der Waals surface area contributed by atoms with Crippen molar-refractivity contribution >= 4 is 21.6 Å². The summed E-state index contributed by atoms with van der Waals surface area (Å²) in [6.07, 6.45) is 2.44. The molecular formula is C27H32N2O3S. The number of nitrogens with zero attached hydrogens (tertiary/aromatic N) is 1. The van der Waals surface area contributed by atoms with Crippen LogP contribution >= 0.6 is 0 Å². The van der Waals surface area contributed by atoms with E-state index in [9.17, 15) is 13.2 Å². The number of sulfonamides is 1. The molecule has 0 aliphatic rings. The fourth-order valence-electron chi connectivity index (χ4n) is 3.86. The molecule has 33 heavy (non-hydrogen) atoms. The van der Waals surface area contributed by atoms with E-state index >= 15 is 0 Å². The monoisotopic (exact) mass is 464 g/mol. The highest BCUT2D eigenvalue weighted by molar-refractivity contribution is 7.92. The van der Waals surface area contributed by atoms with Crippen LogP contribution in [0.3, 0.4) is 0 Å². The van der Waals surface area contributed by atoms with E-state index in [0.29, 0.717) is 18.7 Å². The van der Waals surface area contributed by atoms with E-state index in [2.05, 4.69) is 37.4 Å². The second-order valence-corrected chi connectivity index (χ2v) is 9.76. The van der Waals surface area contributed by atoms with Crippen LogP contribution in [0.2, 0.25) is 0 Å². The second kappa shape index (κ2) is 11.1. The summed E-state index contributed by atoms with van der Waals surface area (Å²) in [6.45, 7) is 6.23. The fraction of sp³-hybridized carbons (Fsp3) is 0.296. The number of carbonyl (C=O) groups excluding carboxylic acids is 1. The first-order valence-electron chi connectivity index (χ1n) is 11.4. The molecule has 0 saturated heterocycles. The third-order valence-electron chi connectivity index (χ3n) is 5.80. The summed E-state index contributed by atoms with van der Waals surface area (Å²) < 4.78 is 28.3. The zero-order valence-electron chi connectivity index (χ0n) is 19.5. The maximum Gasteiger partial charge on any atom is 0.264 e. The summed E-state index contributed by atoms with van der Waals surface area (Å²) in [5.41, 5.74) is 4.85. The average Bonchev–Trinajstić information content (AvgIpc) is 2.86. The number of para-hydroxylation sites is 1. The van der Waals surface area contributed by atoms with Crippen LogP contribution in [-0.4, -0.2) is 20.9 Å². The molecule has 3 aromatic carbocycles. The smallest absolute Gasteiger partial charge is 0.264 e. The molecule has 0 unspecified atom stereocenters. The zero-order valence-corrected chi connectivity index (χ0v) is 20.4. The molecule has 0 aliphatic heterocycles. The summed E-state index contributed by atoms with van der Waals surface area (Å²) in [5.74, 6) is -0.343. The molecule has 0 aromatic heterocycles. The number of aryl methyl sites for hydroxylation is 3. The van der Waals surface area contributed by atoms with E-state index < -0.39 is 10.0 Å². The normalized spacial score (nSPS) is 11.2. The minimum atomic E-state index is -3.92. The van der Waals surface area contributed by atoms with Gasteiger partial charge >= 0.3 is 0 Å². The Hall–Kier alpha value is -3.12. The van der Waals surface area contributed by atoms with Gasteiger partial charge in [-0.15, -0.1) is 0 Å². The van der Waals surface area contributed by atoms with Gasteiger partial charge in [0.1, 0.15) is 6.54 Å². The van der Waals surface area contributed by atoms with Gasteiger partial charge in [0.05, 0.1) is 10.6 Å². The second-order valence-electron chi connectivity index (χ2n) is 7.89. The molecule has 0 radical (unpaired) electrons. The highest BCUT2D eigenvalue weighted by Gasteiger charge is 2.28. The van der Waals surface area contributed by atoms with Crippen LogP contribution in [-0.2, 0) is 40.6 Å². The molecular weight excluding hydrogens is 432 g/mol.